The number of nitrogens with one attached hydrogen (secondary N) is 2. The highest BCUT2D eigenvalue weighted by Crippen LogP contribution is 2.55. The molecule has 4 fully saturated rings. The second-order valence-electron chi connectivity index (χ2n) is 22.5. The summed E-state index contributed by atoms with van der Waals surface area (Å²) in [5.41, 5.74) is 13.1. The van der Waals surface area contributed by atoms with Crippen molar-refractivity contribution in [1.29, 1.82) is 0 Å². The van der Waals surface area contributed by atoms with E-state index in [4.69, 9.17) is 23.9 Å². The van der Waals surface area contributed by atoms with Gasteiger partial charge in [-0.1, -0.05) is 108 Å². The molecule has 1 aromatic heterocycles. The molecule has 10 rings (SSSR count). The monoisotopic (exact) mass is 1030 g/mol. The number of halogens is 5. The van der Waals surface area contributed by atoms with Crippen molar-refractivity contribution in [3.05, 3.63) is 160 Å². The summed E-state index contributed by atoms with van der Waals surface area (Å²) in [5, 5.41) is 12.2. The van der Waals surface area contributed by atoms with Gasteiger partial charge in [0.25, 0.3) is 0 Å². The van der Waals surface area contributed by atoms with Crippen LogP contribution in [0.5, 0.6) is 0 Å². The van der Waals surface area contributed by atoms with Gasteiger partial charge in [-0.25, -0.2) is 17.6 Å². The number of hydrogen-bond acceptors (Lipinski definition) is 7. The predicted octanol–water partition coefficient (Wildman–Crippen LogP) is 13.1. The van der Waals surface area contributed by atoms with Crippen LogP contribution >= 0.6 is 11.6 Å². The number of aromatic nitrogens is 2. The average Bonchev–Trinajstić information content (AvgIpc) is 3.87. The molecule has 74 heavy (non-hydrogen) atoms. The number of benzene rings is 4. The number of piperidine rings is 2. The lowest BCUT2D eigenvalue weighted by Crippen LogP contribution is -2.49. The number of allylic oxidation sites excluding steroid dienone is 1. The number of aryl methyl sites for hydroxylation is 2. The third-order valence-corrected chi connectivity index (χ3v) is 18.5. The minimum absolute atomic E-state index is 0.0285. The maximum atomic E-state index is 16.8. The smallest absolute Gasteiger partial charge is 0.164 e. The molecule has 8 nitrogen and oxygen atoms in total. The highest BCUT2D eigenvalue weighted by molar-refractivity contribution is 6.34. The quantitative estimate of drug-likeness (QED) is 0.101. The van der Waals surface area contributed by atoms with Crippen LogP contribution in [0.4, 0.5) is 23.4 Å². The molecule has 4 heterocycles. The summed E-state index contributed by atoms with van der Waals surface area (Å²) >= 11 is 6.95. The molecule has 1 saturated carbocycles. The molecule has 3 saturated heterocycles. The summed E-state index contributed by atoms with van der Waals surface area (Å²) in [6.07, 6.45) is 9.99. The number of rotatable bonds is 13. The van der Waals surface area contributed by atoms with Gasteiger partial charge in [-0.15, -0.1) is 0 Å². The van der Waals surface area contributed by atoms with Crippen molar-refractivity contribution in [1.82, 2.24) is 30.2 Å². The van der Waals surface area contributed by atoms with E-state index in [1.54, 1.807) is 25.2 Å². The van der Waals surface area contributed by atoms with E-state index in [0.29, 0.717) is 90.5 Å². The lowest BCUT2D eigenvalue weighted by atomic mass is 9.69. The van der Waals surface area contributed by atoms with Crippen molar-refractivity contribution < 1.29 is 17.6 Å². The fourth-order valence-electron chi connectivity index (χ4n) is 13.8. The Morgan fingerprint density at radius 1 is 0.878 bits per heavy atom. The Morgan fingerprint density at radius 3 is 2.24 bits per heavy atom. The fraction of sp³-hybridized carbons (Fsp3) is 0.459. The molecule has 392 valence electrons. The number of fused-ring (bicyclic) bond motifs is 2. The van der Waals surface area contributed by atoms with Crippen molar-refractivity contribution in [2.45, 2.75) is 127 Å². The first kappa shape index (κ1) is 51.9. The van der Waals surface area contributed by atoms with E-state index in [-0.39, 0.29) is 45.1 Å². The normalized spacial score (nSPS) is 24.2. The summed E-state index contributed by atoms with van der Waals surface area (Å²) in [7, 11) is 1.72. The molecule has 5 aliphatic rings. The molecule has 4 aromatic carbocycles. The van der Waals surface area contributed by atoms with Gasteiger partial charge in [0.1, 0.15) is 28.8 Å². The molecule has 2 aliphatic carbocycles. The zero-order valence-electron chi connectivity index (χ0n) is 43.8. The standard InChI is InChI=1S/C61H73ClF4N8/c1-9-13-42-16-17-47(38(4)67)53(56(42)65)54-51-37(3)61(44-14-11-10-12-15-44,34-43(51)32-50(64)55(54)62)35-68-45-18-25-60(7,26-19-45)39(5)72-29-23-46(24-30-72)73-27-21-41(22-28-73)52-49(63)33-48-58(57(52)66)71(8)70-59(48)74-31-20-36(2)69-40(74)6/h10-12,14-17,32-33,37,41,45-46,68-69H,2,4-6,9,13,18-31,34-35,67H2,1,3,7-8H3. The zero-order valence-corrected chi connectivity index (χ0v) is 44.5. The fourth-order valence-corrected chi connectivity index (χ4v) is 14.0. The summed E-state index contributed by atoms with van der Waals surface area (Å²) in [6.45, 7) is 28.1. The van der Waals surface area contributed by atoms with E-state index in [1.807, 2.05) is 17.9 Å². The molecule has 2 atom stereocenters. The van der Waals surface area contributed by atoms with Crippen molar-refractivity contribution >= 4 is 34.0 Å². The van der Waals surface area contributed by atoms with Gasteiger partial charge >= 0.3 is 0 Å². The van der Waals surface area contributed by atoms with Crippen LogP contribution in [0.3, 0.4) is 0 Å². The van der Waals surface area contributed by atoms with E-state index in [9.17, 15) is 0 Å². The molecule has 0 amide bonds. The van der Waals surface area contributed by atoms with Crippen LogP contribution in [-0.2, 0) is 25.3 Å². The van der Waals surface area contributed by atoms with E-state index < -0.39 is 28.7 Å². The minimum atomic E-state index is -0.568. The maximum Gasteiger partial charge on any atom is 0.164 e. The maximum absolute atomic E-state index is 16.8. The van der Waals surface area contributed by atoms with Crippen LogP contribution < -0.4 is 21.3 Å². The first-order valence-corrected chi connectivity index (χ1v) is 27.3. The van der Waals surface area contributed by atoms with Gasteiger partial charge in [-0.2, -0.15) is 5.10 Å². The third kappa shape index (κ3) is 9.14. The Kier molecular flexibility index (Phi) is 14.4. The lowest BCUT2D eigenvalue weighted by molar-refractivity contribution is 0.0816. The molecule has 0 spiro atoms. The first-order chi connectivity index (χ1) is 35.4. The van der Waals surface area contributed by atoms with Crippen LogP contribution in [0, 0.1) is 28.7 Å². The topological polar surface area (TPSA) is 77.6 Å². The molecule has 0 bridgehead atoms. The van der Waals surface area contributed by atoms with Gasteiger partial charge < -0.3 is 31.1 Å². The number of likely N-dealkylation sites (tertiary alicyclic amines) is 2. The molecule has 0 radical (unpaired) electrons. The first-order valence-electron chi connectivity index (χ1n) is 26.9. The molecule has 4 N–H and O–H groups in total. The Labute approximate surface area is 440 Å². The van der Waals surface area contributed by atoms with E-state index in [2.05, 4.69) is 83.4 Å². The summed E-state index contributed by atoms with van der Waals surface area (Å²) in [6, 6.07) is 17.7. The van der Waals surface area contributed by atoms with Gasteiger partial charge in [0.05, 0.1) is 10.4 Å². The molecule has 13 heteroatoms. The highest BCUT2D eigenvalue weighted by atomic mass is 35.5. The van der Waals surface area contributed by atoms with Crippen LogP contribution in [0.15, 0.2) is 98.1 Å². The van der Waals surface area contributed by atoms with Gasteiger partial charge in [0, 0.05) is 102 Å². The summed E-state index contributed by atoms with van der Waals surface area (Å²) in [5.74, 6) is -1.27. The number of nitrogens with zero attached hydrogens (tertiary/aromatic N) is 5. The van der Waals surface area contributed by atoms with E-state index in [0.717, 1.165) is 93.5 Å². The van der Waals surface area contributed by atoms with Crippen LogP contribution in [0.1, 0.15) is 130 Å². The van der Waals surface area contributed by atoms with Gasteiger partial charge in [-0.3, -0.25) is 4.68 Å². The molecular weight excluding hydrogens is 956 g/mol. The SMILES string of the molecule is C=C1CCN(c2nn(C)c3c(F)c(C4CCN(C5CCN(C(=C)C6(C)CCC(NCC7(c8ccccc8)Cc8cc(F)c(Cl)c(-c9c(C(=C)N)ccc(CCC)c9F)c8C7C)CC6)CC5)CC4)c(F)cc23)C(=C)N1. The number of hydrogen-bond donors (Lipinski definition) is 3. The van der Waals surface area contributed by atoms with Crippen molar-refractivity contribution in [2.24, 2.45) is 18.2 Å². The number of anilines is 1. The molecule has 5 aromatic rings. The average molecular weight is 1030 g/mol. The van der Waals surface area contributed by atoms with E-state index >= 15 is 17.6 Å². The van der Waals surface area contributed by atoms with Crippen molar-refractivity contribution in [3.8, 4) is 11.1 Å². The summed E-state index contributed by atoms with van der Waals surface area (Å²) < 4.78 is 66.9. The highest BCUT2D eigenvalue weighted by Gasteiger charge is 2.48. The van der Waals surface area contributed by atoms with Crippen molar-refractivity contribution in [2.75, 3.05) is 44.2 Å². The van der Waals surface area contributed by atoms with Crippen LogP contribution in [0.2, 0.25) is 5.02 Å². The lowest BCUT2D eigenvalue weighted by Gasteiger charge is -2.48. The Balaban J connectivity index is 0.768. The molecule has 3 aliphatic heterocycles. The Hall–Kier alpha value is -5.56. The Bertz CT molecular complexity index is 3010. The van der Waals surface area contributed by atoms with Gasteiger partial charge in [0.15, 0.2) is 11.6 Å². The van der Waals surface area contributed by atoms with E-state index in [1.165, 1.54) is 16.4 Å². The molecule has 2 unspecified atom stereocenters. The largest absolute Gasteiger partial charge is 0.399 e. The van der Waals surface area contributed by atoms with Gasteiger partial charge in [0.2, 0.25) is 0 Å². The summed E-state index contributed by atoms with van der Waals surface area (Å²) in [4.78, 5) is 6.93. The van der Waals surface area contributed by atoms with Gasteiger partial charge in [-0.05, 0) is 124 Å². The molecular formula is C61H73ClF4N8. The zero-order chi connectivity index (χ0) is 52.4. The second kappa shape index (κ2) is 20.5. The van der Waals surface area contributed by atoms with Crippen LogP contribution in [-0.4, -0.2) is 70.9 Å². The van der Waals surface area contributed by atoms with Crippen molar-refractivity contribution in [3.63, 3.8) is 0 Å². The third-order valence-electron chi connectivity index (χ3n) is 18.2. The minimum Gasteiger partial charge on any atom is -0.399 e. The Morgan fingerprint density at radius 2 is 1.58 bits per heavy atom. The van der Waals surface area contributed by atoms with Crippen LogP contribution in [0.25, 0.3) is 27.7 Å². The second-order valence-corrected chi connectivity index (χ2v) is 22.9. The predicted molar refractivity (Wildman–Crippen MR) is 294 cm³/mol. The number of nitrogens with two attached hydrogens (primary N) is 1.